The molecule has 3 aromatic heterocycles. The second-order valence-corrected chi connectivity index (χ2v) is 8.91. The molecule has 1 fully saturated rings. The molecule has 1 amide bonds. The number of carbonyl (C=O) groups is 2. The molecule has 4 heterocycles. The van der Waals surface area contributed by atoms with Crippen LogP contribution in [0.15, 0.2) is 24.9 Å². The first-order chi connectivity index (χ1) is 14.9. The molecule has 12 heteroatoms. The number of methoxy groups -OCH3 is 1. The molecule has 0 spiro atoms. The summed E-state index contributed by atoms with van der Waals surface area (Å²) in [6.45, 7) is 2.99. The molecule has 4 rings (SSSR count). The molecule has 2 atom stereocenters. The number of nitrogens with zero attached hydrogens (tertiary/aromatic N) is 4. The van der Waals surface area contributed by atoms with Crippen molar-refractivity contribution < 1.29 is 14.3 Å². The number of hydrogen-bond acceptors (Lipinski definition) is 7. The van der Waals surface area contributed by atoms with E-state index in [1.807, 2.05) is 10.8 Å². The molecule has 0 aromatic carbocycles. The molecule has 1 saturated heterocycles. The number of anilines is 1. The topological polar surface area (TPSA) is 105 Å². The molecule has 0 saturated carbocycles. The summed E-state index contributed by atoms with van der Waals surface area (Å²) < 4.78 is 6.73. The Morgan fingerprint density at radius 1 is 1.35 bits per heavy atom. The number of aromatic nitrogens is 4. The van der Waals surface area contributed by atoms with Crippen molar-refractivity contribution in [3.8, 4) is 0 Å². The van der Waals surface area contributed by atoms with Crippen LogP contribution < -0.4 is 10.2 Å². The number of carbonyl (C=O) groups excluding carboxylic acids is 2. The Hall–Kier alpha value is -2.56. The predicted molar refractivity (Wildman–Crippen MR) is 118 cm³/mol. The van der Waals surface area contributed by atoms with Gasteiger partial charge in [-0.3, -0.25) is 4.79 Å². The normalized spacial score (nSPS) is 18.8. The van der Waals surface area contributed by atoms with Gasteiger partial charge in [0.05, 0.1) is 41.8 Å². The summed E-state index contributed by atoms with van der Waals surface area (Å²) in [5, 5.41) is 4.37. The third kappa shape index (κ3) is 4.28. The standard InChI is InChI=1S/C19H20Cl2N6O3S/c1-10-14(20)15(21)16(24-10)17(28)25-11-3-5-26(8-12(11)27-6-4-22-9-27)19-23-7-13(31-19)18(29)30-2/h4,6-7,9,11-12,24H,3,5,8H2,1-2H3,(H,25,28)/t11-,12+/m0/s1. The zero-order valence-corrected chi connectivity index (χ0v) is 19.1. The number of aryl methyl sites for hydroxylation is 1. The Balaban J connectivity index is 1.54. The molecule has 3 aromatic rings. The Labute approximate surface area is 192 Å². The molecule has 1 aliphatic heterocycles. The van der Waals surface area contributed by atoms with Crippen LogP contribution in [0.3, 0.4) is 0 Å². The fourth-order valence-corrected chi connectivity index (χ4v) is 4.90. The largest absolute Gasteiger partial charge is 0.465 e. The SMILES string of the molecule is COC(=O)c1cnc(N2CC[C@H](NC(=O)c3[nH]c(C)c(Cl)c3Cl)[C@H](n3ccnc3)C2)s1. The van der Waals surface area contributed by atoms with Crippen molar-refractivity contribution in [3.63, 3.8) is 0 Å². The average molecular weight is 483 g/mol. The summed E-state index contributed by atoms with van der Waals surface area (Å²) in [4.78, 5) is 38.7. The van der Waals surface area contributed by atoms with Crippen molar-refractivity contribution in [2.24, 2.45) is 0 Å². The van der Waals surface area contributed by atoms with Gasteiger partial charge in [0.2, 0.25) is 0 Å². The van der Waals surface area contributed by atoms with Crippen molar-refractivity contribution in [3.05, 3.63) is 51.2 Å². The summed E-state index contributed by atoms with van der Waals surface area (Å²) in [6, 6.07) is -0.271. The fourth-order valence-electron chi connectivity index (χ4n) is 3.62. The lowest BCUT2D eigenvalue weighted by molar-refractivity contribution is 0.0606. The van der Waals surface area contributed by atoms with E-state index in [-0.39, 0.29) is 28.7 Å². The van der Waals surface area contributed by atoms with E-state index >= 15 is 0 Å². The van der Waals surface area contributed by atoms with Crippen LogP contribution in [0.2, 0.25) is 10.0 Å². The number of H-pyrrole nitrogens is 1. The van der Waals surface area contributed by atoms with E-state index in [4.69, 9.17) is 27.9 Å². The van der Waals surface area contributed by atoms with E-state index in [1.165, 1.54) is 24.6 Å². The van der Waals surface area contributed by atoms with Gasteiger partial charge in [-0.25, -0.2) is 14.8 Å². The second kappa shape index (κ2) is 8.89. The van der Waals surface area contributed by atoms with Gasteiger partial charge in [0.15, 0.2) is 5.13 Å². The van der Waals surface area contributed by atoms with Crippen molar-refractivity contribution in [1.82, 2.24) is 24.8 Å². The third-order valence-electron chi connectivity index (χ3n) is 5.24. The monoisotopic (exact) mass is 482 g/mol. The molecule has 0 bridgehead atoms. The summed E-state index contributed by atoms with van der Waals surface area (Å²) in [7, 11) is 1.34. The van der Waals surface area contributed by atoms with Crippen LogP contribution in [0, 0.1) is 6.92 Å². The van der Waals surface area contributed by atoms with Gasteiger partial charge >= 0.3 is 5.97 Å². The van der Waals surface area contributed by atoms with E-state index < -0.39 is 5.97 Å². The minimum absolute atomic E-state index is 0.101. The number of piperidine rings is 1. The fraction of sp³-hybridized carbons (Fsp3) is 0.368. The van der Waals surface area contributed by atoms with E-state index in [0.717, 1.165) is 5.13 Å². The van der Waals surface area contributed by atoms with Gasteiger partial charge in [-0.1, -0.05) is 34.5 Å². The third-order valence-corrected chi connectivity index (χ3v) is 7.22. The minimum Gasteiger partial charge on any atom is -0.465 e. The highest BCUT2D eigenvalue weighted by Gasteiger charge is 2.34. The van der Waals surface area contributed by atoms with Gasteiger partial charge in [-0.05, 0) is 13.3 Å². The number of halogens is 2. The lowest BCUT2D eigenvalue weighted by atomic mass is 9.99. The highest BCUT2D eigenvalue weighted by Crippen LogP contribution is 2.32. The number of hydrogen-bond donors (Lipinski definition) is 2. The van der Waals surface area contributed by atoms with Gasteiger partial charge in [0.1, 0.15) is 10.6 Å². The van der Waals surface area contributed by atoms with Crippen LogP contribution in [0.5, 0.6) is 0 Å². The van der Waals surface area contributed by atoms with Gasteiger partial charge in [-0.15, -0.1) is 0 Å². The first-order valence-corrected chi connectivity index (χ1v) is 11.1. The van der Waals surface area contributed by atoms with Gasteiger partial charge in [0, 0.05) is 31.2 Å². The van der Waals surface area contributed by atoms with Crippen molar-refractivity contribution in [2.75, 3.05) is 25.1 Å². The Kier molecular flexibility index (Phi) is 6.22. The number of ether oxygens (including phenoxy) is 1. The zero-order valence-electron chi connectivity index (χ0n) is 16.8. The van der Waals surface area contributed by atoms with Crippen LogP contribution in [0.25, 0.3) is 0 Å². The van der Waals surface area contributed by atoms with Crippen molar-refractivity contribution >= 4 is 51.5 Å². The molecular formula is C19H20Cl2N6O3S. The number of aromatic amines is 1. The molecule has 0 aliphatic carbocycles. The Bertz CT molecular complexity index is 1100. The number of thiazole rings is 1. The van der Waals surface area contributed by atoms with Crippen LogP contribution >= 0.6 is 34.5 Å². The maximum Gasteiger partial charge on any atom is 0.349 e. The highest BCUT2D eigenvalue weighted by atomic mass is 35.5. The molecule has 1 aliphatic rings. The van der Waals surface area contributed by atoms with Gasteiger partial charge in [0.25, 0.3) is 5.91 Å². The van der Waals surface area contributed by atoms with Crippen LogP contribution in [-0.2, 0) is 4.74 Å². The average Bonchev–Trinajstić information content (AvgIpc) is 3.52. The molecule has 164 valence electrons. The summed E-state index contributed by atoms with van der Waals surface area (Å²) in [5.74, 6) is -0.723. The van der Waals surface area contributed by atoms with Crippen molar-refractivity contribution in [2.45, 2.75) is 25.4 Å². The van der Waals surface area contributed by atoms with Crippen LogP contribution in [0.4, 0.5) is 5.13 Å². The highest BCUT2D eigenvalue weighted by molar-refractivity contribution is 7.17. The second-order valence-electron chi connectivity index (χ2n) is 7.14. The number of rotatable bonds is 5. The quantitative estimate of drug-likeness (QED) is 0.540. The van der Waals surface area contributed by atoms with Gasteiger partial charge < -0.3 is 24.5 Å². The number of esters is 1. The molecular weight excluding hydrogens is 463 g/mol. The molecule has 2 N–H and O–H groups in total. The van der Waals surface area contributed by atoms with Crippen LogP contribution in [0.1, 0.15) is 38.3 Å². The molecule has 0 unspecified atom stereocenters. The number of imidazole rings is 1. The van der Waals surface area contributed by atoms with Crippen LogP contribution in [-0.4, -0.2) is 57.6 Å². The van der Waals surface area contributed by atoms with E-state index in [0.29, 0.717) is 35.1 Å². The Morgan fingerprint density at radius 3 is 2.81 bits per heavy atom. The summed E-state index contributed by atoms with van der Waals surface area (Å²) in [5.41, 5.74) is 0.890. The summed E-state index contributed by atoms with van der Waals surface area (Å²) in [6.07, 6.45) is 7.45. The smallest absolute Gasteiger partial charge is 0.349 e. The first kappa shape index (κ1) is 21.7. The summed E-state index contributed by atoms with van der Waals surface area (Å²) >= 11 is 13.6. The van der Waals surface area contributed by atoms with E-state index in [1.54, 1.807) is 19.4 Å². The number of amides is 1. The molecule has 0 radical (unpaired) electrons. The van der Waals surface area contributed by atoms with E-state index in [2.05, 4.69) is 25.2 Å². The first-order valence-electron chi connectivity index (χ1n) is 9.50. The zero-order chi connectivity index (χ0) is 22.1. The maximum atomic E-state index is 12.9. The molecule has 9 nitrogen and oxygen atoms in total. The maximum absolute atomic E-state index is 12.9. The number of nitrogens with one attached hydrogen (secondary N) is 2. The predicted octanol–water partition coefficient (Wildman–Crippen LogP) is 3.32. The van der Waals surface area contributed by atoms with Gasteiger partial charge in [-0.2, -0.15) is 0 Å². The Morgan fingerprint density at radius 2 is 2.16 bits per heavy atom. The van der Waals surface area contributed by atoms with Crippen molar-refractivity contribution in [1.29, 1.82) is 0 Å². The van der Waals surface area contributed by atoms with E-state index in [9.17, 15) is 9.59 Å². The minimum atomic E-state index is -0.408. The molecule has 31 heavy (non-hydrogen) atoms. The lowest BCUT2D eigenvalue weighted by Crippen LogP contribution is -2.51. The lowest BCUT2D eigenvalue weighted by Gasteiger charge is -2.39.